The van der Waals surface area contributed by atoms with E-state index in [1.807, 2.05) is 6.20 Å². The Labute approximate surface area is 110 Å². The highest BCUT2D eigenvalue weighted by Crippen LogP contribution is 2.60. The summed E-state index contributed by atoms with van der Waals surface area (Å²) < 4.78 is 2.34. The minimum absolute atomic E-state index is 0.472. The lowest BCUT2D eigenvalue weighted by molar-refractivity contribution is 0.436. The van der Waals surface area contributed by atoms with Crippen molar-refractivity contribution in [3.05, 3.63) is 18.2 Å². The van der Waals surface area contributed by atoms with Crippen molar-refractivity contribution < 1.29 is 0 Å². The average Bonchev–Trinajstić information content (AvgIpc) is 2.93. The van der Waals surface area contributed by atoms with Gasteiger partial charge in [-0.1, -0.05) is 19.8 Å². The maximum absolute atomic E-state index is 4.63. The van der Waals surface area contributed by atoms with Gasteiger partial charge in [0.2, 0.25) is 0 Å². The highest BCUT2D eigenvalue weighted by Gasteiger charge is 2.54. The first-order valence-electron chi connectivity index (χ1n) is 7.55. The lowest BCUT2D eigenvalue weighted by Gasteiger charge is -2.18. The van der Waals surface area contributed by atoms with E-state index < -0.39 is 0 Å². The highest BCUT2D eigenvalue weighted by molar-refractivity contribution is 5.12. The van der Waals surface area contributed by atoms with Crippen molar-refractivity contribution in [3.63, 3.8) is 0 Å². The van der Waals surface area contributed by atoms with Gasteiger partial charge in [0.25, 0.3) is 0 Å². The third-order valence-corrected chi connectivity index (χ3v) is 4.91. The highest BCUT2D eigenvalue weighted by atomic mass is 15.1. The number of hydrogen-bond donors (Lipinski definition) is 1. The normalized spacial score (nSPS) is 32.0. The van der Waals surface area contributed by atoms with Gasteiger partial charge in [-0.05, 0) is 44.1 Å². The van der Waals surface area contributed by atoms with Crippen molar-refractivity contribution in [1.29, 1.82) is 0 Å². The lowest BCUT2D eigenvalue weighted by Crippen LogP contribution is -2.24. The van der Waals surface area contributed by atoms with E-state index in [0.717, 1.165) is 24.3 Å². The van der Waals surface area contributed by atoms with Crippen LogP contribution < -0.4 is 5.32 Å². The molecule has 0 spiro atoms. The predicted molar refractivity (Wildman–Crippen MR) is 73.3 cm³/mol. The number of imidazole rings is 1. The van der Waals surface area contributed by atoms with Crippen molar-refractivity contribution in [1.82, 2.24) is 14.9 Å². The molecule has 3 unspecified atom stereocenters. The molecule has 0 aliphatic heterocycles. The van der Waals surface area contributed by atoms with Gasteiger partial charge in [-0.15, -0.1) is 0 Å². The second-order valence-electron chi connectivity index (χ2n) is 5.93. The smallest absolute Gasteiger partial charge is 0.126 e. The molecule has 2 fully saturated rings. The van der Waals surface area contributed by atoms with Gasteiger partial charge in [0.1, 0.15) is 5.82 Å². The zero-order chi connectivity index (χ0) is 12.5. The Morgan fingerprint density at radius 3 is 2.72 bits per heavy atom. The Morgan fingerprint density at radius 2 is 2.11 bits per heavy atom. The Balaban J connectivity index is 1.78. The van der Waals surface area contributed by atoms with E-state index in [-0.39, 0.29) is 0 Å². The minimum Gasteiger partial charge on any atom is -0.334 e. The van der Waals surface area contributed by atoms with E-state index in [2.05, 4.69) is 35.0 Å². The molecule has 1 aromatic rings. The van der Waals surface area contributed by atoms with Gasteiger partial charge < -0.3 is 9.88 Å². The van der Waals surface area contributed by atoms with Crippen molar-refractivity contribution >= 4 is 0 Å². The molecule has 2 saturated carbocycles. The number of hydrogen-bond acceptors (Lipinski definition) is 2. The van der Waals surface area contributed by atoms with Crippen LogP contribution in [0.5, 0.6) is 0 Å². The molecule has 0 aromatic carbocycles. The molecule has 3 nitrogen and oxygen atoms in total. The monoisotopic (exact) mass is 247 g/mol. The van der Waals surface area contributed by atoms with E-state index in [1.165, 1.54) is 37.9 Å². The Morgan fingerprint density at radius 1 is 1.39 bits per heavy atom. The molecule has 100 valence electrons. The van der Waals surface area contributed by atoms with E-state index in [0.29, 0.717) is 6.04 Å². The molecule has 2 aliphatic carbocycles. The van der Waals surface area contributed by atoms with Crippen LogP contribution in [0.1, 0.15) is 50.9 Å². The summed E-state index contributed by atoms with van der Waals surface area (Å²) in [4.78, 5) is 4.63. The van der Waals surface area contributed by atoms with Gasteiger partial charge in [0.05, 0.1) is 6.04 Å². The SMILES string of the molecule is CCCn1ccnc1C(NC)C1C2CCCCC21. The summed E-state index contributed by atoms with van der Waals surface area (Å²) in [7, 11) is 2.10. The van der Waals surface area contributed by atoms with Crippen LogP contribution in [0.3, 0.4) is 0 Å². The quantitative estimate of drug-likeness (QED) is 0.867. The zero-order valence-corrected chi connectivity index (χ0v) is 11.6. The summed E-state index contributed by atoms with van der Waals surface area (Å²) in [6.07, 6.45) is 11.0. The molecule has 0 saturated heterocycles. The van der Waals surface area contributed by atoms with Gasteiger partial charge in [-0.3, -0.25) is 0 Å². The molecule has 1 heterocycles. The third kappa shape index (κ3) is 1.99. The molecule has 3 atom stereocenters. The van der Waals surface area contributed by atoms with Crippen LogP contribution in [0, 0.1) is 17.8 Å². The fraction of sp³-hybridized carbons (Fsp3) is 0.800. The van der Waals surface area contributed by atoms with E-state index in [1.54, 1.807) is 0 Å². The van der Waals surface area contributed by atoms with Gasteiger partial charge in [0, 0.05) is 18.9 Å². The fourth-order valence-electron chi connectivity index (χ4n) is 4.07. The van der Waals surface area contributed by atoms with Crippen LogP contribution in [-0.2, 0) is 6.54 Å². The average molecular weight is 247 g/mol. The standard InChI is InChI=1S/C15H25N3/c1-3-9-18-10-8-17-15(18)14(16-2)13-11-6-4-5-7-12(11)13/h8,10-14,16H,3-7,9H2,1-2H3. The van der Waals surface area contributed by atoms with Crippen molar-refractivity contribution in [2.45, 2.75) is 51.6 Å². The maximum atomic E-state index is 4.63. The van der Waals surface area contributed by atoms with Gasteiger partial charge >= 0.3 is 0 Å². The van der Waals surface area contributed by atoms with Crippen LogP contribution in [0.2, 0.25) is 0 Å². The molecule has 0 radical (unpaired) electrons. The zero-order valence-electron chi connectivity index (χ0n) is 11.6. The van der Waals surface area contributed by atoms with Gasteiger partial charge in [0.15, 0.2) is 0 Å². The first kappa shape index (κ1) is 12.2. The summed E-state index contributed by atoms with van der Waals surface area (Å²) in [6, 6.07) is 0.472. The Hall–Kier alpha value is -0.830. The molecular formula is C15H25N3. The van der Waals surface area contributed by atoms with Crippen LogP contribution in [0.15, 0.2) is 12.4 Å². The topological polar surface area (TPSA) is 29.9 Å². The van der Waals surface area contributed by atoms with Gasteiger partial charge in [-0.25, -0.2) is 4.98 Å². The molecule has 3 rings (SSSR count). The van der Waals surface area contributed by atoms with E-state index in [4.69, 9.17) is 0 Å². The minimum atomic E-state index is 0.472. The van der Waals surface area contributed by atoms with E-state index in [9.17, 15) is 0 Å². The molecular weight excluding hydrogens is 222 g/mol. The largest absolute Gasteiger partial charge is 0.334 e. The molecule has 0 amide bonds. The second-order valence-corrected chi connectivity index (χ2v) is 5.93. The molecule has 1 aromatic heterocycles. The van der Waals surface area contributed by atoms with E-state index >= 15 is 0 Å². The summed E-state index contributed by atoms with van der Waals surface area (Å²) in [5.74, 6) is 4.06. The predicted octanol–water partition coefficient (Wildman–Crippen LogP) is 2.99. The molecule has 1 N–H and O–H groups in total. The maximum Gasteiger partial charge on any atom is 0.126 e. The first-order valence-corrected chi connectivity index (χ1v) is 7.55. The van der Waals surface area contributed by atoms with Crippen LogP contribution >= 0.6 is 0 Å². The number of nitrogens with zero attached hydrogens (tertiary/aromatic N) is 2. The van der Waals surface area contributed by atoms with Crippen LogP contribution in [0.4, 0.5) is 0 Å². The van der Waals surface area contributed by atoms with Crippen molar-refractivity contribution in [2.24, 2.45) is 17.8 Å². The summed E-state index contributed by atoms with van der Waals surface area (Å²) in [5, 5.41) is 3.54. The number of aryl methyl sites for hydroxylation is 1. The molecule has 2 aliphatic rings. The molecule has 0 bridgehead atoms. The number of aromatic nitrogens is 2. The summed E-state index contributed by atoms with van der Waals surface area (Å²) >= 11 is 0. The van der Waals surface area contributed by atoms with Crippen molar-refractivity contribution in [3.8, 4) is 0 Å². The molecule has 3 heteroatoms. The Bertz CT molecular complexity index is 386. The summed E-state index contributed by atoms with van der Waals surface area (Å²) in [5.41, 5.74) is 0. The molecule has 18 heavy (non-hydrogen) atoms. The Kier molecular flexibility index (Phi) is 3.42. The first-order chi connectivity index (χ1) is 8.86. The second kappa shape index (κ2) is 5.04. The number of fused-ring (bicyclic) bond motifs is 1. The summed E-state index contributed by atoms with van der Waals surface area (Å²) in [6.45, 7) is 3.32. The third-order valence-electron chi connectivity index (χ3n) is 4.91. The number of rotatable bonds is 5. The van der Waals surface area contributed by atoms with Gasteiger partial charge in [-0.2, -0.15) is 0 Å². The van der Waals surface area contributed by atoms with Crippen LogP contribution in [0.25, 0.3) is 0 Å². The lowest BCUT2D eigenvalue weighted by atomic mass is 10.0. The van der Waals surface area contributed by atoms with Crippen LogP contribution in [-0.4, -0.2) is 16.6 Å². The van der Waals surface area contributed by atoms with Crippen molar-refractivity contribution in [2.75, 3.05) is 7.05 Å². The number of nitrogens with one attached hydrogen (secondary N) is 1. The fourth-order valence-corrected chi connectivity index (χ4v) is 4.07.